The molecule has 1 heterocycles. The average molecular weight is 380 g/mol. The fourth-order valence-electron chi connectivity index (χ4n) is 1.80. The Kier molecular flexibility index (Phi) is 4.49. The van der Waals surface area contributed by atoms with Crippen LogP contribution in [0, 0.1) is 3.57 Å². The van der Waals surface area contributed by atoms with Gasteiger partial charge in [-0.25, -0.2) is 4.98 Å². The molecule has 0 fully saturated rings. The standard InChI is InChI=1S/C13H12F3IN2/c14-13(15,16)6-1-8-19-9-7-18-12(19)10-2-4-11(17)5-3-10/h2-5,7,9H,1,6,8H2. The molecule has 19 heavy (non-hydrogen) atoms. The van der Waals surface area contributed by atoms with Crippen LogP contribution in [0.2, 0.25) is 0 Å². The molecule has 1 aromatic carbocycles. The Balaban J connectivity index is 2.07. The molecule has 102 valence electrons. The molecule has 0 bridgehead atoms. The molecule has 0 radical (unpaired) electrons. The summed E-state index contributed by atoms with van der Waals surface area (Å²) in [5.74, 6) is 0.707. The molecular formula is C13H12F3IN2. The Morgan fingerprint density at radius 2 is 1.84 bits per heavy atom. The molecule has 0 aliphatic rings. The molecule has 1 aromatic heterocycles. The Labute approximate surface area is 122 Å². The van der Waals surface area contributed by atoms with E-state index in [2.05, 4.69) is 27.6 Å². The van der Waals surface area contributed by atoms with E-state index in [0.29, 0.717) is 12.4 Å². The third kappa shape index (κ3) is 4.22. The second-order valence-electron chi connectivity index (χ2n) is 4.17. The van der Waals surface area contributed by atoms with E-state index in [9.17, 15) is 13.2 Å². The van der Waals surface area contributed by atoms with Gasteiger partial charge in [-0.3, -0.25) is 0 Å². The number of alkyl halides is 3. The first-order chi connectivity index (χ1) is 8.96. The second-order valence-corrected chi connectivity index (χ2v) is 5.42. The van der Waals surface area contributed by atoms with E-state index in [1.54, 1.807) is 17.0 Å². The highest BCUT2D eigenvalue weighted by Gasteiger charge is 2.26. The van der Waals surface area contributed by atoms with Crippen molar-refractivity contribution in [2.24, 2.45) is 0 Å². The predicted octanol–water partition coefficient (Wildman–Crippen LogP) is 4.50. The van der Waals surface area contributed by atoms with Crippen LogP contribution in [0.4, 0.5) is 13.2 Å². The fourth-order valence-corrected chi connectivity index (χ4v) is 2.16. The highest BCUT2D eigenvalue weighted by Crippen LogP contribution is 2.23. The van der Waals surface area contributed by atoms with Crippen molar-refractivity contribution in [1.82, 2.24) is 9.55 Å². The van der Waals surface area contributed by atoms with Crippen LogP contribution in [0.3, 0.4) is 0 Å². The number of hydrogen-bond acceptors (Lipinski definition) is 1. The van der Waals surface area contributed by atoms with Crippen LogP contribution >= 0.6 is 22.6 Å². The number of hydrogen-bond donors (Lipinski definition) is 0. The lowest BCUT2D eigenvalue weighted by Gasteiger charge is -2.09. The summed E-state index contributed by atoms with van der Waals surface area (Å²) in [6.07, 6.45) is -1.47. The molecule has 2 aromatic rings. The number of aromatic nitrogens is 2. The van der Waals surface area contributed by atoms with Gasteiger partial charge in [-0.1, -0.05) is 12.1 Å². The largest absolute Gasteiger partial charge is 0.389 e. The summed E-state index contributed by atoms with van der Waals surface area (Å²) in [7, 11) is 0. The summed E-state index contributed by atoms with van der Waals surface area (Å²) in [6, 6.07) is 7.74. The molecular weight excluding hydrogens is 368 g/mol. The normalized spacial score (nSPS) is 11.8. The number of imidazole rings is 1. The van der Waals surface area contributed by atoms with Crippen molar-refractivity contribution >= 4 is 22.6 Å². The lowest BCUT2D eigenvalue weighted by atomic mass is 10.2. The lowest BCUT2D eigenvalue weighted by Crippen LogP contribution is -2.09. The highest BCUT2D eigenvalue weighted by atomic mass is 127. The van der Waals surface area contributed by atoms with Gasteiger partial charge in [-0.2, -0.15) is 13.2 Å². The minimum Gasteiger partial charge on any atom is -0.331 e. The van der Waals surface area contributed by atoms with Gasteiger partial charge in [-0.05, 0) is 41.1 Å². The number of nitrogens with zero attached hydrogens (tertiary/aromatic N) is 2. The molecule has 0 aliphatic heterocycles. The second kappa shape index (κ2) is 5.94. The van der Waals surface area contributed by atoms with Gasteiger partial charge < -0.3 is 4.57 Å². The molecule has 0 unspecified atom stereocenters. The first-order valence-electron chi connectivity index (χ1n) is 5.79. The summed E-state index contributed by atoms with van der Waals surface area (Å²) in [4.78, 5) is 4.21. The van der Waals surface area contributed by atoms with Crippen LogP contribution in [0.15, 0.2) is 36.7 Å². The molecule has 0 saturated heterocycles. The fraction of sp³-hybridized carbons (Fsp3) is 0.308. The van der Waals surface area contributed by atoms with Gasteiger partial charge in [0.05, 0.1) is 0 Å². The van der Waals surface area contributed by atoms with E-state index in [1.165, 1.54) is 0 Å². The van der Waals surface area contributed by atoms with Crippen molar-refractivity contribution in [3.05, 3.63) is 40.2 Å². The van der Waals surface area contributed by atoms with Crippen molar-refractivity contribution in [1.29, 1.82) is 0 Å². The van der Waals surface area contributed by atoms with Crippen molar-refractivity contribution in [3.63, 3.8) is 0 Å². The minimum atomic E-state index is -4.09. The van der Waals surface area contributed by atoms with Gasteiger partial charge in [0.15, 0.2) is 0 Å². The summed E-state index contributed by atoms with van der Waals surface area (Å²) >= 11 is 2.20. The van der Waals surface area contributed by atoms with E-state index in [4.69, 9.17) is 0 Å². The molecule has 0 aliphatic carbocycles. The highest BCUT2D eigenvalue weighted by molar-refractivity contribution is 14.1. The Hall–Kier alpha value is -1.05. The van der Waals surface area contributed by atoms with Gasteiger partial charge in [0, 0.05) is 34.5 Å². The molecule has 2 rings (SSSR count). The minimum absolute atomic E-state index is 0.0667. The van der Waals surface area contributed by atoms with Gasteiger partial charge in [0.1, 0.15) is 5.82 Å². The molecule has 0 amide bonds. The van der Waals surface area contributed by atoms with Crippen LogP contribution < -0.4 is 0 Å². The molecule has 0 spiro atoms. The monoisotopic (exact) mass is 380 g/mol. The maximum Gasteiger partial charge on any atom is 0.389 e. The van der Waals surface area contributed by atoms with E-state index in [1.807, 2.05) is 24.3 Å². The smallest absolute Gasteiger partial charge is 0.331 e. The van der Waals surface area contributed by atoms with Gasteiger partial charge in [0.25, 0.3) is 0 Å². The SMILES string of the molecule is FC(F)(F)CCCn1ccnc1-c1ccc(I)cc1. The Morgan fingerprint density at radius 1 is 1.16 bits per heavy atom. The van der Waals surface area contributed by atoms with Crippen LogP contribution in [0.5, 0.6) is 0 Å². The number of aryl methyl sites for hydroxylation is 1. The van der Waals surface area contributed by atoms with E-state index >= 15 is 0 Å². The van der Waals surface area contributed by atoms with Crippen molar-refractivity contribution in [2.75, 3.05) is 0 Å². The molecule has 6 heteroatoms. The summed E-state index contributed by atoms with van der Waals surface area (Å²) in [6.45, 7) is 0.320. The molecule has 0 saturated carbocycles. The number of halogens is 4. The first-order valence-corrected chi connectivity index (χ1v) is 6.87. The van der Waals surface area contributed by atoms with Gasteiger partial charge >= 0.3 is 6.18 Å². The van der Waals surface area contributed by atoms with Crippen LogP contribution in [-0.4, -0.2) is 15.7 Å². The molecule has 0 N–H and O–H groups in total. The van der Waals surface area contributed by atoms with Gasteiger partial charge in [0.2, 0.25) is 0 Å². The Bertz CT molecular complexity index is 532. The maximum absolute atomic E-state index is 12.1. The van der Waals surface area contributed by atoms with E-state index < -0.39 is 12.6 Å². The zero-order valence-electron chi connectivity index (χ0n) is 9.99. The van der Waals surface area contributed by atoms with Crippen molar-refractivity contribution in [2.45, 2.75) is 25.6 Å². The Morgan fingerprint density at radius 3 is 2.47 bits per heavy atom. The molecule has 2 nitrogen and oxygen atoms in total. The topological polar surface area (TPSA) is 17.8 Å². The predicted molar refractivity (Wildman–Crippen MR) is 75.7 cm³/mol. The van der Waals surface area contributed by atoms with Crippen molar-refractivity contribution in [3.8, 4) is 11.4 Å². The van der Waals surface area contributed by atoms with Crippen LogP contribution in [0.1, 0.15) is 12.8 Å². The summed E-state index contributed by atoms with van der Waals surface area (Å²) in [5, 5.41) is 0. The van der Waals surface area contributed by atoms with Crippen LogP contribution in [0.25, 0.3) is 11.4 Å². The summed E-state index contributed by atoms with van der Waals surface area (Å²) < 4.78 is 39.2. The third-order valence-electron chi connectivity index (χ3n) is 2.68. The third-order valence-corrected chi connectivity index (χ3v) is 3.40. The first kappa shape index (κ1) is 14.4. The lowest BCUT2D eigenvalue weighted by molar-refractivity contribution is -0.135. The maximum atomic E-state index is 12.1. The molecule has 0 atom stereocenters. The summed E-state index contributed by atoms with van der Waals surface area (Å²) in [5.41, 5.74) is 0.914. The zero-order valence-corrected chi connectivity index (χ0v) is 12.1. The van der Waals surface area contributed by atoms with Crippen LogP contribution in [-0.2, 0) is 6.54 Å². The van der Waals surface area contributed by atoms with E-state index in [0.717, 1.165) is 9.13 Å². The number of benzene rings is 1. The van der Waals surface area contributed by atoms with Crippen molar-refractivity contribution < 1.29 is 13.2 Å². The average Bonchev–Trinajstić information content (AvgIpc) is 2.77. The quantitative estimate of drug-likeness (QED) is 0.715. The van der Waals surface area contributed by atoms with Gasteiger partial charge in [-0.15, -0.1) is 0 Å². The van der Waals surface area contributed by atoms with E-state index in [-0.39, 0.29) is 6.42 Å². The zero-order chi connectivity index (χ0) is 13.9. The number of rotatable bonds is 4.